The van der Waals surface area contributed by atoms with Crippen LogP contribution in [0.4, 0.5) is 16.4 Å². The van der Waals surface area contributed by atoms with Gasteiger partial charge in [-0.15, -0.1) is 0 Å². The van der Waals surface area contributed by atoms with Crippen LogP contribution in [0.15, 0.2) is 30.6 Å². The molecule has 1 amide bonds. The third-order valence-electron chi connectivity index (χ3n) is 7.76. The van der Waals surface area contributed by atoms with E-state index in [1.165, 1.54) is 19.3 Å². The number of nitrogens with zero attached hydrogens (tertiary/aromatic N) is 7. The molecular formula is C31H46N8O3. The number of anilines is 2. The fourth-order valence-electron chi connectivity index (χ4n) is 5.39. The Bertz CT molecular complexity index is 1310. The highest BCUT2D eigenvalue weighted by Crippen LogP contribution is 2.25. The quantitative estimate of drug-likeness (QED) is 0.346. The van der Waals surface area contributed by atoms with Crippen molar-refractivity contribution in [2.75, 3.05) is 62.6 Å². The Balaban J connectivity index is 1.07. The van der Waals surface area contributed by atoms with Crippen LogP contribution in [-0.2, 0) is 17.7 Å². The van der Waals surface area contributed by atoms with Gasteiger partial charge in [-0.3, -0.25) is 4.90 Å². The second-order valence-corrected chi connectivity index (χ2v) is 12.2. The van der Waals surface area contributed by atoms with Crippen molar-refractivity contribution >= 4 is 23.4 Å². The summed E-state index contributed by atoms with van der Waals surface area (Å²) >= 11 is 0. The second kappa shape index (κ2) is 13.6. The molecule has 3 aromatic rings. The molecule has 0 radical (unpaired) electrons. The lowest BCUT2D eigenvalue weighted by molar-refractivity contribution is 0.0142. The fraction of sp³-hybridized carbons (Fsp3) is 0.613. The molecule has 5 rings (SSSR count). The standard InChI is InChI=1S/C31H46N8O3/c1-5-25-23-34-39-26(20-27(35-29(25)39)37-13-7-6-8-14-37)32-21-24-10-11-28(33-22-24)41-19-9-12-36-15-17-38(18-16-36)30(40)42-31(2,3)4/h10-11,20,22-23,32H,5-9,12-19,21H2,1-4H3. The number of aryl methyl sites for hydroxylation is 1. The zero-order chi connectivity index (χ0) is 29.5. The molecule has 2 saturated heterocycles. The van der Waals surface area contributed by atoms with Gasteiger partial charge >= 0.3 is 6.09 Å². The van der Waals surface area contributed by atoms with E-state index in [0.717, 1.165) is 74.0 Å². The first-order chi connectivity index (χ1) is 20.3. The Kier molecular flexibility index (Phi) is 9.66. The topological polar surface area (TPSA) is 100 Å². The van der Waals surface area contributed by atoms with Crippen LogP contribution >= 0.6 is 0 Å². The molecule has 3 aromatic heterocycles. The van der Waals surface area contributed by atoms with E-state index in [1.54, 1.807) is 4.90 Å². The summed E-state index contributed by atoms with van der Waals surface area (Å²) < 4.78 is 13.3. The highest BCUT2D eigenvalue weighted by atomic mass is 16.6. The van der Waals surface area contributed by atoms with Crippen LogP contribution < -0.4 is 15.0 Å². The zero-order valence-electron chi connectivity index (χ0n) is 25.6. The van der Waals surface area contributed by atoms with E-state index in [2.05, 4.69) is 44.3 Å². The number of rotatable bonds is 10. The number of hydrogen-bond donors (Lipinski definition) is 1. The predicted molar refractivity (Wildman–Crippen MR) is 164 cm³/mol. The molecule has 0 bridgehead atoms. The summed E-state index contributed by atoms with van der Waals surface area (Å²) in [6.07, 6.45) is 9.07. The number of piperidine rings is 1. The Morgan fingerprint density at radius 3 is 2.50 bits per heavy atom. The minimum Gasteiger partial charge on any atom is -0.478 e. The number of aromatic nitrogens is 4. The van der Waals surface area contributed by atoms with E-state index in [4.69, 9.17) is 14.5 Å². The molecule has 2 fully saturated rings. The Morgan fingerprint density at radius 1 is 1.02 bits per heavy atom. The van der Waals surface area contributed by atoms with E-state index in [9.17, 15) is 4.79 Å². The van der Waals surface area contributed by atoms with E-state index in [-0.39, 0.29) is 6.09 Å². The van der Waals surface area contributed by atoms with Gasteiger partial charge in [-0.25, -0.2) is 14.8 Å². The molecule has 11 nitrogen and oxygen atoms in total. The first-order valence-corrected chi connectivity index (χ1v) is 15.4. The molecule has 228 valence electrons. The van der Waals surface area contributed by atoms with Gasteiger partial charge in [0.15, 0.2) is 5.65 Å². The van der Waals surface area contributed by atoms with Crippen molar-refractivity contribution in [3.8, 4) is 5.88 Å². The summed E-state index contributed by atoms with van der Waals surface area (Å²) in [5, 5.41) is 8.18. The summed E-state index contributed by atoms with van der Waals surface area (Å²) in [5.74, 6) is 2.59. The Labute approximate surface area is 249 Å². The van der Waals surface area contributed by atoms with Crippen molar-refractivity contribution in [2.24, 2.45) is 0 Å². The van der Waals surface area contributed by atoms with Gasteiger partial charge in [0.25, 0.3) is 0 Å². The summed E-state index contributed by atoms with van der Waals surface area (Å²) in [7, 11) is 0. The van der Waals surface area contributed by atoms with Gasteiger partial charge in [-0.1, -0.05) is 13.0 Å². The van der Waals surface area contributed by atoms with Gasteiger partial charge < -0.3 is 24.6 Å². The highest BCUT2D eigenvalue weighted by Gasteiger charge is 2.25. The SMILES string of the molecule is CCc1cnn2c(NCc3ccc(OCCCN4CCN(C(=O)OC(C)(C)C)CC4)nc3)cc(N3CCCCC3)nc12. The van der Waals surface area contributed by atoms with E-state index < -0.39 is 5.60 Å². The van der Waals surface area contributed by atoms with Gasteiger partial charge in [-0.2, -0.15) is 9.61 Å². The summed E-state index contributed by atoms with van der Waals surface area (Å²) in [6.45, 7) is 15.2. The van der Waals surface area contributed by atoms with E-state index in [1.807, 2.05) is 43.7 Å². The lowest BCUT2D eigenvalue weighted by Gasteiger charge is -2.35. The molecule has 0 aliphatic carbocycles. The predicted octanol–water partition coefficient (Wildman–Crippen LogP) is 4.61. The smallest absolute Gasteiger partial charge is 0.410 e. The normalized spacial score (nSPS) is 16.6. The monoisotopic (exact) mass is 578 g/mol. The average Bonchev–Trinajstić information content (AvgIpc) is 3.42. The maximum atomic E-state index is 12.3. The summed E-state index contributed by atoms with van der Waals surface area (Å²) in [5.41, 5.74) is 2.69. The first kappa shape index (κ1) is 29.9. The molecule has 42 heavy (non-hydrogen) atoms. The Hall–Kier alpha value is -3.60. The number of carbonyl (C=O) groups is 1. The fourth-order valence-corrected chi connectivity index (χ4v) is 5.39. The molecule has 11 heteroatoms. The lowest BCUT2D eigenvalue weighted by Crippen LogP contribution is -2.50. The van der Waals surface area contributed by atoms with Gasteiger partial charge in [0.1, 0.15) is 17.2 Å². The number of hydrogen-bond acceptors (Lipinski definition) is 9. The van der Waals surface area contributed by atoms with Crippen molar-refractivity contribution < 1.29 is 14.3 Å². The Morgan fingerprint density at radius 2 is 1.81 bits per heavy atom. The number of ether oxygens (including phenoxy) is 2. The number of nitrogens with one attached hydrogen (secondary N) is 1. The molecule has 1 N–H and O–H groups in total. The zero-order valence-corrected chi connectivity index (χ0v) is 25.6. The van der Waals surface area contributed by atoms with Crippen molar-refractivity contribution in [1.29, 1.82) is 0 Å². The van der Waals surface area contributed by atoms with Crippen LogP contribution in [0.25, 0.3) is 5.65 Å². The average molecular weight is 579 g/mol. The van der Waals surface area contributed by atoms with Crippen molar-refractivity contribution in [3.05, 3.63) is 41.7 Å². The van der Waals surface area contributed by atoms with Gasteiger partial charge in [0.05, 0.1) is 12.8 Å². The van der Waals surface area contributed by atoms with Crippen LogP contribution in [0.5, 0.6) is 5.88 Å². The van der Waals surface area contributed by atoms with Crippen LogP contribution in [0, 0.1) is 0 Å². The van der Waals surface area contributed by atoms with Crippen molar-refractivity contribution in [1.82, 2.24) is 29.4 Å². The molecule has 0 saturated carbocycles. The molecule has 2 aliphatic heterocycles. The molecular weight excluding hydrogens is 532 g/mol. The van der Waals surface area contributed by atoms with Gasteiger partial charge in [0, 0.05) is 76.3 Å². The summed E-state index contributed by atoms with van der Waals surface area (Å²) in [6, 6.07) is 6.10. The molecule has 5 heterocycles. The number of fused-ring (bicyclic) bond motifs is 1. The number of pyridine rings is 1. The minimum atomic E-state index is -0.462. The van der Waals surface area contributed by atoms with Crippen LogP contribution in [0.3, 0.4) is 0 Å². The van der Waals surface area contributed by atoms with Crippen LogP contribution in [0.1, 0.15) is 64.5 Å². The third kappa shape index (κ3) is 7.81. The van der Waals surface area contributed by atoms with Crippen LogP contribution in [-0.4, -0.2) is 93.5 Å². The summed E-state index contributed by atoms with van der Waals surface area (Å²) in [4.78, 5) is 28.3. The van der Waals surface area contributed by atoms with E-state index >= 15 is 0 Å². The molecule has 0 atom stereocenters. The van der Waals surface area contributed by atoms with Crippen LogP contribution in [0.2, 0.25) is 0 Å². The third-order valence-corrected chi connectivity index (χ3v) is 7.76. The molecule has 2 aliphatic rings. The second-order valence-electron chi connectivity index (χ2n) is 12.2. The highest BCUT2D eigenvalue weighted by molar-refractivity contribution is 5.68. The molecule has 0 spiro atoms. The minimum absolute atomic E-state index is 0.224. The molecule has 0 aromatic carbocycles. The first-order valence-electron chi connectivity index (χ1n) is 15.4. The van der Waals surface area contributed by atoms with Crippen molar-refractivity contribution in [2.45, 2.75) is 71.9 Å². The molecule has 0 unspecified atom stereocenters. The van der Waals surface area contributed by atoms with Crippen molar-refractivity contribution in [3.63, 3.8) is 0 Å². The largest absolute Gasteiger partial charge is 0.478 e. The number of carbonyl (C=O) groups excluding carboxylic acids is 1. The maximum Gasteiger partial charge on any atom is 0.410 e. The number of piperazine rings is 1. The lowest BCUT2D eigenvalue weighted by atomic mass is 10.1. The van der Waals surface area contributed by atoms with Gasteiger partial charge in [-0.05, 0) is 58.4 Å². The maximum absolute atomic E-state index is 12.3. The van der Waals surface area contributed by atoms with Gasteiger partial charge in [0.2, 0.25) is 5.88 Å². The number of amides is 1. The van der Waals surface area contributed by atoms with E-state index in [0.29, 0.717) is 32.1 Å².